The van der Waals surface area contributed by atoms with Gasteiger partial charge in [0.05, 0.1) is 6.61 Å². The van der Waals surface area contributed by atoms with E-state index in [1.54, 1.807) is 19.2 Å². The minimum atomic E-state index is -0.191. The minimum Gasteiger partial charge on any atom is -0.384 e. The number of hydrogen-bond donors (Lipinski definition) is 1. The summed E-state index contributed by atoms with van der Waals surface area (Å²) >= 11 is 0. The fourth-order valence-corrected chi connectivity index (χ4v) is 2.48. The van der Waals surface area contributed by atoms with Crippen molar-refractivity contribution in [2.45, 2.75) is 24.3 Å². The first-order chi connectivity index (χ1) is 7.16. The maximum Gasteiger partial charge on any atom is 0.123 e. The molecule has 3 heteroatoms. The quantitative estimate of drug-likeness (QED) is 0.824. The molecule has 82 valence electrons. The number of nitrogens with two attached hydrogens (primary N) is 1. The van der Waals surface area contributed by atoms with Crippen molar-refractivity contribution in [3.8, 4) is 0 Å². The van der Waals surface area contributed by atoms with Gasteiger partial charge in [-0.1, -0.05) is 12.1 Å². The van der Waals surface area contributed by atoms with E-state index in [4.69, 9.17) is 10.5 Å². The van der Waals surface area contributed by atoms with Crippen molar-refractivity contribution in [3.05, 3.63) is 35.6 Å². The smallest absolute Gasteiger partial charge is 0.123 e. The lowest BCUT2D eigenvalue weighted by Crippen LogP contribution is -2.51. The molecule has 0 unspecified atom stereocenters. The van der Waals surface area contributed by atoms with Crippen LogP contribution in [-0.2, 0) is 10.2 Å². The van der Waals surface area contributed by atoms with Crippen LogP contribution < -0.4 is 5.73 Å². The summed E-state index contributed by atoms with van der Waals surface area (Å²) in [5, 5.41) is 0. The summed E-state index contributed by atoms with van der Waals surface area (Å²) in [5.74, 6) is -0.191. The number of benzene rings is 1. The fraction of sp³-hybridized carbons (Fsp3) is 0.500. The van der Waals surface area contributed by atoms with Gasteiger partial charge in [-0.2, -0.15) is 0 Å². The number of hydrogen-bond acceptors (Lipinski definition) is 2. The molecule has 1 saturated carbocycles. The molecular weight excluding hydrogens is 193 g/mol. The largest absolute Gasteiger partial charge is 0.384 e. The molecule has 0 atom stereocenters. The molecule has 0 amide bonds. The molecule has 0 heterocycles. The lowest BCUT2D eigenvalue weighted by Gasteiger charge is -2.46. The van der Waals surface area contributed by atoms with Gasteiger partial charge in [-0.05, 0) is 30.5 Å². The second kappa shape index (κ2) is 3.91. The zero-order valence-electron chi connectivity index (χ0n) is 8.87. The van der Waals surface area contributed by atoms with E-state index in [1.807, 2.05) is 6.07 Å². The van der Waals surface area contributed by atoms with Gasteiger partial charge >= 0.3 is 0 Å². The predicted molar refractivity (Wildman–Crippen MR) is 57.2 cm³/mol. The van der Waals surface area contributed by atoms with Crippen molar-refractivity contribution in [1.29, 1.82) is 0 Å². The summed E-state index contributed by atoms with van der Waals surface area (Å²) in [6, 6.07) is 6.97. The van der Waals surface area contributed by atoms with Gasteiger partial charge in [0.25, 0.3) is 0 Å². The Kier molecular flexibility index (Phi) is 2.76. The first kappa shape index (κ1) is 10.6. The van der Waals surface area contributed by atoms with Gasteiger partial charge in [0.1, 0.15) is 5.82 Å². The van der Waals surface area contributed by atoms with E-state index in [-0.39, 0.29) is 17.3 Å². The summed E-state index contributed by atoms with van der Waals surface area (Å²) in [7, 11) is 1.67. The topological polar surface area (TPSA) is 35.2 Å². The summed E-state index contributed by atoms with van der Waals surface area (Å²) in [6.07, 6.45) is 1.76. The monoisotopic (exact) mass is 209 g/mol. The van der Waals surface area contributed by atoms with E-state index < -0.39 is 0 Å². The van der Waals surface area contributed by atoms with Gasteiger partial charge < -0.3 is 10.5 Å². The average Bonchev–Trinajstić information content (AvgIpc) is 2.15. The number of rotatable bonds is 3. The molecule has 1 aromatic carbocycles. The summed E-state index contributed by atoms with van der Waals surface area (Å²) < 4.78 is 18.3. The molecular formula is C12H16FNO. The van der Waals surface area contributed by atoms with E-state index in [0.717, 1.165) is 18.4 Å². The Bertz CT molecular complexity index is 342. The van der Waals surface area contributed by atoms with Crippen LogP contribution in [0, 0.1) is 5.82 Å². The van der Waals surface area contributed by atoms with Crippen LogP contribution in [-0.4, -0.2) is 19.8 Å². The lowest BCUT2D eigenvalue weighted by molar-refractivity contribution is 0.0660. The summed E-state index contributed by atoms with van der Waals surface area (Å²) in [4.78, 5) is 0. The van der Waals surface area contributed by atoms with E-state index in [1.165, 1.54) is 6.07 Å². The summed E-state index contributed by atoms with van der Waals surface area (Å²) in [6.45, 7) is 0.615. The second-order valence-electron chi connectivity index (χ2n) is 4.39. The molecule has 0 spiro atoms. The molecule has 0 aromatic heterocycles. The second-order valence-corrected chi connectivity index (χ2v) is 4.39. The molecule has 1 aliphatic carbocycles. The minimum absolute atomic E-state index is 0.0593. The van der Waals surface area contributed by atoms with Gasteiger partial charge in [-0.3, -0.25) is 0 Å². The van der Waals surface area contributed by atoms with Crippen molar-refractivity contribution in [2.75, 3.05) is 13.7 Å². The van der Waals surface area contributed by atoms with Crippen molar-refractivity contribution in [2.24, 2.45) is 5.73 Å². The summed E-state index contributed by atoms with van der Waals surface area (Å²) in [5.41, 5.74) is 6.76. The standard InChI is InChI=1S/C12H16FNO/c1-15-8-12(6-11(14)7-12)9-3-2-4-10(13)5-9/h2-5,11H,6-8,14H2,1H3. The molecule has 0 bridgehead atoms. The zero-order chi connectivity index (χ0) is 10.9. The Balaban J connectivity index is 2.26. The highest BCUT2D eigenvalue weighted by atomic mass is 19.1. The van der Waals surface area contributed by atoms with Gasteiger partial charge in [-0.15, -0.1) is 0 Å². The first-order valence-electron chi connectivity index (χ1n) is 5.17. The highest BCUT2D eigenvalue weighted by molar-refractivity contribution is 5.30. The third-order valence-electron chi connectivity index (χ3n) is 3.16. The molecule has 2 rings (SSSR count). The zero-order valence-corrected chi connectivity index (χ0v) is 8.87. The third kappa shape index (κ3) is 1.90. The normalized spacial score (nSPS) is 29.9. The molecule has 0 radical (unpaired) electrons. The van der Waals surface area contributed by atoms with Crippen LogP contribution in [0.4, 0.5) is 4.39 Å². The highest BCUT2D eigenvalue weighted by Crippen LogP contribution is 2.43. The van der Waals surface area contributed by atoms with Crippen LogP contribution in [0.2, 0.25) is 0 Å². The number of halogens is 1. The molecule has 0 aliphatic heterocycles. The fourth-order valence-electron chi connectivity index (χ4n) is 2.48. The molecule has 1 aromatic rings. The molecule has 0 saturated heterocycles. The van der Waals surface area contributed by atoms with Crippen molar-refractivity contribution in [3.63, 3.8) is 0 Å². The highest BCUT2D eigenvalue weighted by Gasteiger charge is 2.44. The first-order valence-corrected chi connectivity index (χ1v) is 5.17. The van der Waals surface area contributed by atoms with Gasteiger partial charge in [0.15, 0.2) is 0 Å². The SMILES string of the molecule is COCC1(c2cccc(F)c2)CC(N)C1. The molecule has 2 nitrogen and oxygen atoms in total. The van der Waals surface area contributed by atoms with Crippen LogP contribution in [0.5, 0.6) is 0 Å². The maximum absolute atomic E-state index is 13.1. The Hall–Kier alpha value is -0.930. The number of methoxy groups -OCH3 is 1. The third-order valence-corrected chi connectivity index (χ3v) is 3.16. The van der Waals surface area contributed by atoms with E-state index >= 15 is 0 Å². The van der Waals surface area contributed by atoms with Gasteiger partial charge in [0, 0.05) is 18.6 Å². The predicted octanol–water partition coefficient (Wildman–Crippen LogP) is 1.83. The van der Waals surface area contributed by atoms with E-state index in [9.17, 15) is 4.39 Å². The Morgan fingerprint density at radius 3 is 2.80 bits per heavy atom. The van der Waals surface area contributed by atoms with Crippen LogP contribution in [0.1, 0.15) is 18.4 Å². The van der Waals surface area contributed by atoms with Crippen LogP contribution >= 0.6 is 0 Å². The average molecular weight is 209 g/mol. The van der Waals surface area contributed by atoms with Crippen LogP contribution in [0.3, 0.4) is 0 Å². The molecule has 15 heavy (non-hydrogen) atoms. The van der Waals surface area contributed by atoms with Gasteiger partial charge in [-0.25, -0.2) is 4.39 Å². The Morgan fingerprint density at radius 2 is 2.27 bits per heavy atom. The van der Waals surface area contributed by atoms with E-state index in [0.29, 0.717) is 6.61 Å². The maximum atomic E-state index is 13.1. The van der Waals surface area contributed by atoms with Crippen molar-refractivity contribution >= 4 is 0 Å². The van der Waals surface area contributed by atoms with Crippen LogP contribution in [0.15, 0.2) is 24.3 Å². The Morgan fingerprint density at radius 1 is 1.53 bits per heavy atom. The van der Waals surface area contributed by atoms with Crippen molar-refractivity contribution < 1.29 is 9.13 Å². The van der Waals surface area contributed by atoms with Crippen molar-refractivity contribution in [1.82, 2.24) is 0 Å². The Labute approximate surface area is 89.2 Å². The van der Waals surface area contributed by atoms with E-state index in [2.05, 4.69) is 0 Å². The number of ether oxygens (including phenoxy) is 1. The van der Waals surface area contributed by atoms with Crippen LogP contribution in [0.25, 0.3) is 0 Å². The molecule has 2 N–H and O–H groups in total. The molecule has 1 aliphatic rings. The lowest BCUT2D eigenvalue weighted by atomic mass is 9.62. The molecule has 1 fully saturated rings. The van der Waals surface area contributed by atoms with Gasteiger partial charge in [0.2, 0.25) is 0 Å².